The van der Waals surface area contributed by atoms with E-state index < -0.39 is 10.0 Å². The number of halogens is 2. The van der Waals surface area contributed by atoms with Crippen LogP contribution in [0.5, 0.6) is 0 Å². The maximum absolute atomic E-state index is 12.5. The Morgan fingerprint density at radius 1 is 1.33 bits per heavy atom. The van der Waals surface area contributed by atoms with Crippen LogP contribution in [-0.4, -0.2) is 23.2 Å². The van der Waals surface area contributed by atoms with Gasteiger partial charge < -0.3 is 0 Å². The number of nitrogens with zero attached hydrogens (tertiary/aromatic N) is 3. The Labute approximate surface area is 133 Å². The topological polar surface area (TPSA) is 76.9 Å². The van der Waals surface area contributed by atoms with Crippen molar-refractivity contribution in [2.75, 3.05) is 4.72 Å². The lowest BCUT2D eigenvalue weighted by Gasteiger charge is -2.10. The molecule has 0 saturated heterocycles. The molecule has 2 heterocycles. The van der Waals surface area contributed by atoms with E-state index in [1.807, 2.05) is 6.92 Å². The van der Waals surface area contributed by atoms with Crippen molar-refractivity contribution < 1.29 is 8.42 Å². The van der Waals surface area contributed by atoms with Gasteiger partial charge in [0.05, 0.1) is 28.3 Å². The number of hydrogen-bond acceptors (Lipinski definition) is 4. The highest BCUT2D eigenvalue weighted by Gasteiger charge is 2.25. The number of aromatic nitrogens is 3. The Morgan fingerprint density at radius 3 is 2.52 bits per heavy atom. The summed E-state index contributed by atoms with van der Waals surface area (Å²) in [4.78, 5) is 3.97. The van der Waals surface area contributed by atoms with Gasteiger partial charge in [-0.15, -0.1) is 0 Å². The van der Waals surface area contributed by atoms with Crippen LogP contribution in [0.15, 0.2) is 17.2 Å². The summed E-state index contributed by atoms with van der Waals surface area (Å²) in [6.07, 6.45) is 1.27. The lowest BCUT2D eigenvalue weighted by atomic mass is 10.4. The second-order valence-corrected chi connectivity index (χ2v) is 6.82. The van der Waals surface area contributed by atoms with Gasteiger partial charge >= 0.3 is 0 Å². The van der Waals surface area contributed by atoms with E-state index in [4.69, 9.17) is 23.2 Å². The van der Waals surface area contributed by atoms with Crippen molar-refractivity contribution in [2.45, 2.75) is 32.2 Å². The second kappa shape index (κ2) is 5.82. The summed E-state index contributed by atoms with van der Waals surface area (Å²) in [5, 5.41) is 4.57. The SMILES string of the molecule is CCn1nc(C)c(S(=O)(=O)Nc2cnc(Cl)cc2Cl)c1C. The van der Waals surface area contributed by atoms with Gasteiger partial charge in [-0.2, -0.15) is 5.10 Å². The minimum absolute atomic E-state index is 0.148. The third-order valence-corrected chi connectivity index (χ3v) is 5.08. The van der Waals surface area contributed by atoms with E-state index in [-0.39, 0.29) is 20.8 Å². The van der Waals surface area contributed by atoms with E-state index in [0.29, 0.717) is 17.9 Å². The first-order valence-corrected chi connectivity index (χ1v) is 8.38. The highest BCUT2D eigenvalue weighted by molar-refractivity contribution is 7.92. The molecule has 9 heteroatoms. The van der Waals surface area contributed by atoms with Crippen LogP contribution in [0.4, 0.5) is 5.69 Å². The number of pyridine rings is 1. The van der Waals surface area contributed by atoms with Crippen molar-refractivity contribution in [2.24, 2.45) is 0 Å². The molecule has 2 aromatic heterocycles. The van der Waals surface area contributed by atoms with Gasteiger partial charge in [-0.1, -0.05) is 23.2 Å². The van der Waals surface area contributed by atoms with Crippen LogP contribution in [-0.2, 0) is 16.6 Å². The van der Waals surface area contributed by atoms with Crippen LogP contribution in [0.3, 0.4) is 0 Å². The molecule has 0 atom stereocenters. The summed E-state index contributed by atoms with van der Waals surface area (Å²) in [5.41, 5.74) is 1.17. The fourth-order valence-electron chi connectivity index (χ4n) is 2.06. The number of nitrogens with one attached hydrogen (secondary N) is 1. The van der Waals surface area contributed by atoms with Crippen molar-refractivity contribution in [3.05, 3.63) is 33.8 Å². The maximum Gasteiger partial charge on any atom is 0.265 e. The van der Waals surface area contributed by atoms with Crippen molar-refractivity contribution in [1.29, 1.82) is 0 Å². The van der Waals surface area contributed by atoms with Crippen LogP contribution >= 0.6 is 23.2 Å². The highest BCUT2D eigenvalue weighted by Crippen LogP contribution is 2.27. The lowest BCUT2D eigenvalue weighted by Crippen LogP contribution is -2.15. The molecule has 6 nitrogen and oxygen atoms in total. The molecule has 0 amide bonds. The molecule has 0 bridgehead atoms. The molecule has 0 aromatic carbocycles. The zero-order valence-electron chi connectivity index (χ0n) is 11.7. The van der Waals surface area contributed by atoms with E-state index in [9.17, 15) is 8.42 Å². The van der Waals surface area contributed by atoms with E-state index in [1.54, 1.807) is 18.5 Å². The van der Waals surface area contributed by atoms with Gasteiger partial charge in [0.25, 0.3) is 10.0 Å². The quantitative estimate of drug-likeness (QED) is 0.861. The smallest absolute Gasteiger partial charge is 0.265 e. The van der Waals surface area contributed by atoms with Gasteiger partial charge in [-0.05, 0) is 26.8 Å². The van der Waals surface area contributed by atoms with E-state index in [0.717, 1.165) is 0 Å². The van der Waals surface area contributed by atoms with Gasteiger partial charge in [0, 0.05) is 6.54 Å². The van der Waals surface area contributed by atoms with E-state index >= 15 is 0 Å². The normalized spacial score (nSPS) is 11.7. The van der Waals surface area contributed by atoms with E-state index in [1.165, 1.54) is 12.3 Å². The number of sulfonamides is 1. The number of rotatable bonds is 4. The maximum atomic E-state index is 12.5. The predicted molar refractivity (Wildman–Crippen MR) is 82.4 cm³/mol. The zero-order valence-corrected chi connectivity index (χ0v) is 14.0. The van der Waals surface area contributed by atoms with Crippen molar-refractivity contribution in [3.8, 4) is 0 Å². The first kappa shape index (κ1) is 16.1. The molecule has 0 unspecified atom stereocenters. The largest absolute Gasteiger partial charge is 0.276 e. The summed E-state index contributed by atoms with van der Waals surface area (Å²) in [6.45, 7) is 5.84. The standard InChI is InChI=1S/C12H14Cl2N4O2S/c1-4-18-8(3)12(7(2)16-18)21(19,20)17-10-6-15-11(14)5-9(10)13/h5-6,17H,4H2,1-3H3. The molecular weight excluding hydrogens is 335 g/mol. The molecule has 0 radical (unpaired) electrons. The number of aryl methyl sites for hydroxylation is 2. The van der Waals surface area contributed by atoms with Crippen molar-refractivity contribution in [3.63, 3.8) is 0 Å². The summed E-state index contributed by atoms with van der Waals surface area (Å²) in [7, 11) is -3.80. The molecule has 114 valence electrons. The molecule has 2 rings (SSSR count). The van der Waals surface area contributed by atoms with Crippen LogP contribution in [0.25, 0.3) is 0 Å². The van der Waals surface area contributed by atoms with Crippen LogP contribution in [0.1, 0.15) is 18.3 Å². The van der Waals surface area contributed by atoms with Crippen LogP contribution < -0.4 is 4.72 Å². The van der Waals surface area contributed by atoms with E-state index in [2.05, 4.69) is 14.8 Å². The molecule has 2 aromatic rings. The minimum atomic E-state index is -3.80. The third-order valence-electron chi connectivity index (χ3n) is 2.95. The highest BCUT2D eigenvalue weighted by atomic mass is 35.5. The number of anilines is 1. The third kappa shape index (κ3) is 3.14. The average molecular weight is 349 g/mol. The molecule has 21 heavy (non-hydrogen) atoms. The Morgan fingerprint density at radius 2 is 2.00 bits per heavy atom. The monoisotopic (exact) mass is 348 g/mol. The summed E-state index contributed by atoms with van der Waals surface area (Å²) in [6, 6.07) is 1.37. The molecule has 0 aliphatic carbocycles. The molecule has 0 saturated carbocycles. The minimum Gasteiger partial charge on any atom is -0.276 e. The molecular formula is C12H14Cl2N4O2S. The average Bonchev–Trinajstić information content (AvgIpc) is 2.68. The van der Waals surface area contributed by atoms with Crippen LogP contribution in [0, 0.1) is 13.8 Å². The fourth-order valence-corrected chi connectivity index (χ4v) is 4.00. The lowest BCUT2D eigenvalue weighted by molar-refractivity contribution is 0.598. The Balaban J connectivity index is 2.46. The molecule has 0 fully saturated rings. The molecule has 1 N–H and O–H groups in total. The van der Waals surface area contributed by atoms with Crippen LogP contribution in [0.2, 0.25) is 10.2 Å². The second-order valence-electron chi connectivity index (χ2n) is 4.41. The van der Waals surface area contributed by atoms with Gasteiger partial charge in [0.2, 0.25) is 0 Å². The Hall–Kier alpha value is -1.31. The molecule has 0 spiro atoms. The van der Waals surface area contributed by atoms with Gasteiger partial charge in [-0.25, -0.2) is 13.4 Å². The van der Waals surface area contributed by atoms with Gasteiger partial charge in [-0.3, -0.25) is 9.40 Å². The first-order chi connectivity index (χ1) is 9.76. The first-order valence-electron chi connectivity index (χ1n) is 6.14. The Bertz CT molecular complexity index is 787. The number of hydrogen-bond donors (Lipinski definition) is 1. The van der Waals surface area contributed by atoms with Gasteiger partial charge in [0.1, 0.15) is 10.0 Å². The fraction of sp³-hybridized carbons (Fsp3) is 0.333. The van der Waals surface area contributed by atoms with Crippen molar-refractivity contribution in [1.82, 2.24) is 14.8 Å². The zero-order chi connectivity index (χ0) is 15.8. The predicted octanol–water partition coefficient (Wildman–Crippen LogP) is 3.02. The summed E-state index contributed by atoms with van der Waals surface area (Å²) < 4.78 is 29.1. The Kier molecular flexibility index (Phi) is 4.46. The summed E-state index contributed by atoms with van der Waals surface area (Å²) >= 11 is 11.7. The molecule has 0 aliphatic heterocycles. The van der Waals surface area contributed by atoms with Gasteiger partial charge in [0.15, 0.2) is 0 Å². The summed E-state index contributed by atoms with van der Waals surface area (Å²) in [5.74, 6) is 0. The molecule has 0 aliphatic rings. The van der Waals surface area contributed by atoms with Crippen molar-refractivity contribution >= 4 is 38.9 Å².